The van der Waals surface area contributed by atoms with E-state index in [4.69, 9.17) is 11.6 Å². The first-order chi connectivity index (χ1) is 15.1. The van der Waals surface area contributed by atoms with Crippen molar-refractivity contribution in [2.75, 3.05) is 11.3 Å². The van der Waals surface area contributed by atoms with Crippen LogP contribution in [0.25, 0.3) is 0 Å². The van der Waals surface area contributed by atoms with Gasteiger partial charge in [0, 0.05) is 30.5 Å². The van der Waals surface area contributed by atoms with E-state index in [1.807, 2.05) is 4.57 Å². The number of imidazole rings is 1. The molecule has 170 valence electrons. The van der Waals surface area contributed by atoms with E-state index < -0.39 is 32.6 Å². The second-order valence-corrected chi connectivity index (χ2v) is 8.85. The van der Waals surface area contributed by atoms with Crippen molar-refractivity contribution in [3.05, 3.63) is 77.3 Å². The molecule has 0 fully saturated rings. The number of halogens is 4. The highest BCUT2D eigenvalue weighted by atomic mass is 35.5. The van der Waals surface area contributed by atoms with E-state index in [9.17, 15) is 26.4 Å². The van der Waals surface area contributed by atoms with Gasteiger partial charge in [-0.1, -0.05) is 17.7 Å². The van der Waals surface area contributed by atoms with Crippen LogP contribution < -0.4 is 10.0 Å². The van der Waals surface area contributed by atoms with E-state index >= 15 is 0 Å². The fourth-order valence-electron chi connectivity index (χ4n) is 2.81. The lowest BCUT2D eigenvalue weighted by molar-refractivity contribution is -0.137. The normalized spacial score (nSPS) is 11.9. The van der Waals surface area contributed by atoms with Crippen LogP contribution in [-0.2, 0) is 22.7 Å². The zero-order valence-electron chi connectivity index (χ0n) is 16.4. The maximum absolute atomic E-state index is 12.9. The first kappa shape index (κ1) is 23.6. The van der Waals surface area contributed by atoms with Crippen molar-refractivity contribution in [3.8, 4) is 0 Å². The van der Waals surface area contributed by atoms with Gasteiger partial charge in [-0.3, -0.25) is 9.52 Å². The SMILES string of the molecule is O=C(NCCCn1ccnc1)c1cc(Cl)ccc1NS(=O)(=O)c1cccc(C(F)(F)F)c1. The predicted molar refractivity (Wildman–Crippen MR) is 113 cm³/mol. The highest BCUT2D eigenvalue weighted by molar-refractivity contribution is 7.92. The number of rotatable bonds is 8. The number of carbonyl (C=O) groups is 1. The molecule has 2 aromatic carbocycles. The summed E-state index contributed by atoms with van der Waals surface area (Å²) in [5, 5.41) is 2.86. The number of hydrogen-bond donors (Lipinski definition) is 2. The standard InChI is InChI=1S/C20H18ClF3N4O3S/c21-15-5-6-18(17(12-15)19(29)26-7-2-9-28-10-8-25-13-28)27-32(30,31)16-4-1-3-14(11-16)20(22,23)24/h1,3-6,8,10-13,27H,2,7,9H2,(H,26,29). The van der Waals surface area contributed by atoms with Crippen LogP contribution in [0.4, 0.5) is 18.9 Å². The van der Waals surface area contributed by atoms with E-state index in [1.165, 1.54) is 18.2 Å². The minimum absolute atomic E-state index is 0.0596. The molecule has 12 heteroatoms. The van der Waals surface area contributed by atoms with Crippen molar-refractivity contribution < 1.29 is 26.4 Å². The Labute approximate surface area is 187 Å². The monoisotopic (exact) mass is 486 g/mol. The number of alkyl halides is 3. The van der Waals surface area contributed by atoms with Crippen LogP contribution in [-0.4, -0.2) is 30.4 Å². The minimum atomic E-state index is -4.70. The lowest BCUT2D eigenvalue weighted by Crippen LogP contribution is -2.27. The summed E-state index contributed by atoms with van der Waals surface area (Å²) in [7, 11) is -4.40. The van der Waals surface area contributed by atoms with Crippen LogP contribution in [0.1, 0.15) is 22.3 Å². The summed E-state index contributed by atoms with van der Waals surface area (Å²) in [5.74, 6) is -0.583. The predicted octanol–water partition coefficient (Wildman–Crippen LogP) is 4.18. The molecular formula is C20H18ClF3N4O3S. The fraction of sp³-hybridized carbons (Fsp3) is 0.200. The number of carbonyl (C=O) groups excluding carboxylic acids is 1. The molecular weight excluding hydrogens is 469 g/mol. The Morgan fingerprint density at radius 1 is 1.16 bits per heavy atom. The zero-order valence-corrected chi connectivity index (χ0v) is 18.0. The Morgan fingerprint density at radius 3 is 2.62 bits per heavy atom. The van der Waals surface area contributed by atoms with E-state index in [2.05, 4.69) is 15.0 Å². The molecule has 1 heterocycles. The summed E-state index contributed by atoms with van der Waals surface area (Å²) in [5.41, 5.74) is -1.28. The summed E-state index contributed by atoms with van der Waals surface area (Å²) in [4.78, 5) is 15.9. The number of amides is 1. The molecule has 1 aromatic heterocycles. The zero-order chi connectivity index (χ0) is 23.4. The number of benzene rings is 2. The third-order valence-electron chi connectivity index (χ3n) is 4.38. The van der Waals surface area contributed by atoms with Gasteiger partial charge in [-0.05, 0) is 42.8 Å². The topological polar surface area (TPSA) is 93.1 Å². The van der Waals surface area contributed by atoms with Gasteiger partial charge in [-0.25, -0.2) is 13.4 Å². The molecule has 1 amide bonds. The molecule has 7 nitrogen and oxygen atoms in total. The molecule has 0 aliphatic carbocycles. The van der Waals surface area contributed by atoms with E-state index in [0.717, 1.165) is 18.2 Å². The average Bonchev–Trinajstić information content (AvgIpc) is 3.25. The number of anilines is 1. The molecule has 32 heavy (non-hydrogen) atoms. The average molecular weight is 487 g/mol. The van der Waals surface area contributed by atoms with Crippen molar-refractivity contribution in [2.45, 2.75) is 24.0 Å². The molecule has 2 N–H and O–H groups in total. The lowest BCUT2D eigenvalue weighted by Gasteiger charge is -2.14. The van der Waals surface area contributed by atoms with Crippen LogP contribution in [0.3, 0.4) is 0 Å². The molecule has 0 saturated heterocycles. The molecule has 0 aliphatic heterocycles. The molecule has 0 aliphatic rings. The Balaban J connectivity index is 1.76. The van der Waals surface area contributed by atoms with Crippen molar-refractivity contribution in [1.29, 1.82) is 0 Å². The third kappa shape index (κ3) is 6.01. The molecule has 0 atom stereocenters. The Kier molecular flexibility index (Phi) is 7.09. The summed E-state index contributed by atoms with van der Waals surface area (Å²) < 4.78 is 68.2. The fourth-order valence-corrected chi connectivity index (χ4v) is 4.11. The van der Waals surface area contributed by atoms with Crippen LogP contribution >= 0.6 is 11.6 Å². The summed E-state index contributed by atoms with van der Waals surface area (Å²) >= 11 is 5.96. The summed E-state index contributed by atoms with van der Waals surface area (Å²) in [6.07, 6.45) is 0.938. The number of nitrogens with zero attached hydrogens (tertiary/aromatic N) is 2. The molecule has 3 rings (SSSR count). The number of hydrogen-bond acceptors (Lipinski definition) is 4. The molecule has 0 bridgehead atoms. The number of sulfonamides is 1. The van der Waals surface area contributed by atoms with Crippen molar-refractivity contribution >= 4 is 33.2 Å². The molecule has 0 spiro atoms. The number of aromatic nitrogens is 2. The van der Waals surface area contributed by atoms with Gasteiger partial charge in [0.15, 0.2) is 0 Å². The van der Waals surface area contributed by atoms with Gasteiger partial charge in [-0.15, -0.1) is 0 Å². The van der Waals surface area contributed by atoms with Crippen molar-refractivity contribution in [3.63, 3.8) is 0 Å². The van der Waals surface area contributed by atoms with E-state index in [-0.39, 0.29) is 16.3 Å². The van der Waals surface area contributed by atoms with Crippen molar-refractivity contribution in [1.82, 2.24) is 14.9 Å². The van der Waals surface area contributed by atoms with Gasteiger partial charge < -0.3 is 9.88 Å². The first-order valence-corrected chi connectivity index (χ1v) is 11.2. The van der Waals surface area contributed by atoms with Crippen LogP contribution in [0, 0.1) is 0 Å². The Morgan fingerprint density at radius 2 is 1.94 bits per heavy atom. The highest BCUT2D eigenvalue weighted by Crippen LogP contribution is 2.31. The van der Waals surface area contributed by atoms with Crippen molar-refractivity contribution in [2.24, 2.45) is 0 Å². The Hall–Kier alpha value is -3.05. The van der Waals surface area contributed by atoms with Gasteiger partial charge in [0.1, 0.15) is 0 Å². The highest BCUT2D eigenvalue weighted by Gasteiger charge is 2.32. The smallest absolute Gasteiger partial charge is 0.352 e. The van der Waals surface area contributed by atoms with Gasteiger partial charge >= 0.3 is 6.18 Å². The van der Waals surface area contributed by atoms with E-state index in [1.54, 1.807) is 18.7 Å². The largest absolute Gasteiger partial charge is 0.416 e. The van der Waals surface area contributed by atoms with Gasteiger partial charge in [0.25, 0.3) is 15.9 Å². The van der Waals surface area contributed by atoms with Gasteiger partial charge in [-0.2, -0.15) is 13.2 Å². The molecule has 0 radical (unpaired) electrons. The Bertz CT molecular complexity index is 1200. The van der Waals surface area contributed by atoms with Crippen LogP contribution in [0.2, 0.25) is 5.02 Å². The minimum Gasteiger partial charge on any atom is -0.352 e. The molecule has 0 unspecified atom stereocenters. The third-order valence-corrected chi connectivity index (χ3v) is 5.98. The van der Waals surface area contributed by atoms with Gasteiger partial charge in [0.2, 0.25) is 0 Å². The first-order valence-electron chi connectivity index (χ1n) is 9.30. The lowest BCUT2D eigenvalue weighted by atomic mass is 10.1. The maximum Gasteiger partial charge on any atom is 0.416 e. The second-order valence-electron chi connectivity index (χ2n) is 6.73. The number of aryl methyl sites for hydroxylation is 1. The molecule has 3 aromatic rings. The molecule has 0 saturated carbocycles. The van der Waals surface area contributed by atoms with Gasteiger partial charge in [0.05, 0.1) is 28.0 Å². The van der Waals surface area contributed by atoms with E-state index in [0.29, 0.717) is 25.6 Å². The quantitative estimate of drug-likeness (QED) is 0.467. The maximum atomic E-state index is 12.9. The summed E-state index contributed by atoms with van der Waals surface area (Å²) in [6, 6.07) is 7.22. The number of nitrogens with one attached hydrogen (secondary N) is 2. The van der Waals surface area contributed by atoms with Crippen LogP contribution in [0.5, 0.6) is 0 Å². The van der Waals surface area contributed by atoms with Crippen LogP contribution in [0.15, 0.2) is 66.1 Å². The second kappa shape index (κ2) is 9.61. The summed E-state index contributed by atoms with van der Waals surface area (Å²) in [6.45, 7) is 0.911.